The van der Waals surface area contributed by atoms with Crippen molar-refractivity contribution < 1.29 is 14.3 Å². The van der Waals surface area contributed by atoms with Crippen LogP contribution in [0.2, 0.25) is 5.02 Å². The second kappa shape index (κ2) is 7.84. The predicted octanol–water partition coefficient (Wildman–Crippen LogP) is 4.44. The van der Waals surface area contributed by atoms with Crippen molar-refractivity contribution in [2.75, 3.05) is 18.5 Å². The molecule has 5 nitrogen and oxygen atoms in total. The third-order valence-corrected chi connectivity index (χ3v) is 4.42. The second-order valence-corrected chi connectivity index (χ2v) is 7.19. The van der Waals surface area contributed by atoms with Gasteiger partial charge in [0.05, 0.1) is 11.6 Å². The van der Waals surface area contributed by atoms with Crippen LogP contribution in [0.4, 0.5) is 5.69 Å². The van der Waals surface area contributed by atoms with E-state index in [9.17, 15) is 9.59 Å². The van der Waals surface area contributed by atoms with Gasteiger partial charge < -0.3 is 10.1 Å². The maximum atomic E-state index is 12.5. The molecule has 1 aliphatic heterocycles. The van der Waals surface area contributed by atoms with Gasteiger partial charge >= 0.3 is 0 Å². The van der Waals surface area contributed by atoms with Crippen LogP contribution in [0, 0.1) is 5.92 Å². The monoisotopic (exact) mass is 384 g/mol. The Bertz CT molecular complexity index is 873. The van der Waals surface area contributed by atoms with Crippen LogP contribution in [0.5, 0.6) is 5.75 Å². The van der Waals surface area contributed by atoms with Crippen LogP contribution in [0.15, 0.2) is 49.0 Å². The van der Waals surface area contributed by atoms with E-state index in [0.717, 1.165) is 5.56 Å². The molecule has 0 atom stereocenters. The molecule has 2 aromatic carbocycles. The largest absolute Gasteiger partial charge is 0.492 e. The molecule has 1 N–H and O–H groups in total. The molecule has 0 bridgehead atoms. The summed E-state index contributed by atoms with van der Waals surface area (Å²) in [5.41, 5.74) is 2.38. The number of halogens is 1. The van der Waals surface area contributed by atoms with E-state index in [1.165, 1.54) is 4.90 Å². The van der Waals surface area contributed by atoms with E-state index in [1.807, 2.05) is 26.0 Å². The van der Waals surface area contributed by atoms with Gasteiger partial charge in [-0.2, -0.15) is 0 Å². The number of carbonyl (C=O) groups excluding carboxylic acids is 2. The highest BCUT2D eigenvalue weighted by molar-refractivity contribution is 6.32. The molecule has 0 saturated carbocycles. The Morgan fingerprint density at radius 3 is 2.56 bits per heavy atom. The summed E-state index contributed by atoms with van der Waals surface area (Å²) in [5, 5.41) is 3.17. The molecule has 0 unspecified atom stereocenters. The number of rotatable bonds is 6. The molecule has 0 spiro atoms. The fourth-order valence-electron chi connectivity index (χ4n) is 2.80. The van der Waals surface area contributed by atoms with Crippen molar-refractivity contribution in [3.8, 4) is 5.75 Å². The minimum Gasteiger partial charge on any atom is -0.492 e. The van der Waals surface area contributed by atoms with Crippen LogP contribution < -0.4 is 10.1 Å². The molecular formula is C21H21ClN2O3. The molecule has 2 aromatic rings. The summed E-state index contributed by atoms with van der Waals surface area (Å²) in [6.45, 7) is 8.48. The number of ether oxygens (including phenoxy) is 1. The zero-order valence-corrected chi connectivity index (χ0v) is 16.0. The van der Waals surface area contributed by atoms with E-state index < -0.39 is 0 Å². The van der Waals surface area contributed by atoms with Crippen molar-refractivity contribution in [2.45, 2.75) is 13.8 Å². The number of amides is 2. The molecule has 27 heavy (non-hydrogen) atoms. The lowest BCUT2D eigenvalue weighted by Gasteiger charge is -2.17. The highest BCUT2D eigenvalue weighted by Crippen LogP contribution is 2.31. The summed E-state index contributed by atoms with van der Waals surface area (Å²) < 4.78 is 5.62. The number of nitrogens with zero attached hydrogens (tertiary/aromatic N) is 1. The van der Waals surface area contributed by atoms with Crippen LogP contribution in [0.3, 0.4) is 0 Å². The first-order chi connectivity index (χ1) is 12.9. The van der Waals surface area contributed by atoms with Gasteiger partial charge in [-0.05, 0) is 30.2 Å². The van der Waals surface area contributed by atoms with E-state index in [1.54, 1.807) is 30.3 Å². The van der Waals surface area contributed by atoms with Gasteiger partial charge in [0.25, 0.3) is 5.91 Å². The molecule has 0 aromatic heterocycles. The number of hydrogen-bond acceptors (Lipinski definition) is 3. The van der Waals surface area contributed by atoms with Gasteiger partial charge in [0.15, 0.2) is 0 Å². The van der Waals surface area contributed by atoms with Crippen molar-refractivity contribution in [3.63, 3.8) is 0 Å². The van der Waals surface area contributed by atoms with Crippen molar-refractivity contribution in [1.29, 1.82) is 0 Å². The van der Waals surface area contributed by atoms with E-state index >= 15 is 0 Å². The summed E-state index contributed by atoms with van der Waals surface area (Å²) in [5.74, 6) is 0.406. The van der Waals surface area contributed by atoms with Crippen LogP contribution in [-0.2, 0) is 4.79 Å². The van der Waals surface area contributed by atoms with Gasteiger partial charge in [-0.15, -0.1) is 0 Å². The molecule has 6 heteroatoms. The van der Waals surface area contributed by atoms with E-state index in [0.29, 0.717) is 40.2 Å². The fraction of sp³-hybridized carbons (Fsp3) is 0.238. The zero-order chi connectivity index (χ0) is 19.6. The fourth-order valence-corrected chi connectivity index (χ4v) is 3.03. The average molecular weight is 385 g/mol. The first kappa shape index (κ1) is 19.0. The molecule has 140 valence electrons. The molecule has 2 amide bonds. The quantitative estimate of drug-likeness (QED) is 0.800. The first-order valence-corrected chi connectivity index (χ1v) is 9.07. The van der Waals surface area contributed by atoms with Crippen LogP contribution in [0.25, 0.3) is 5.70 Å². The number of carbonyl (C=O) groups is 2. The maximum Gasteiger partial charge on any atom is 0.259 e. The Morgan fingerprint density at radius 2 is 1.93 bits per heavy atom. The van der Waals surface area contributed by atoms with E-state index in [-0.39, 0.29) is 18.4 Å². The smallest absolute Gasteiger partial charge is 0.259 e. The van der Waals surface area contributed by atoms with Crippen LogP contribution >= 0.6 is 11.6 Å². The number of nitrogens with one attached hydrogen (secondary N) is 1. The highest BCUT2D eigenvalue weighted by atomic mass is 35.5. The van der Waals surface area contributed by atoms with Crippen molar-refractivity contribution in [1.82, 2.24) is 4.90 Å². The van der Waals surface area contributed by atoms with Gasteiger partial charge in [-0.3, -0.25) is 14.5 Å². The molecule has 0 fully saturated rings. The van der Waals surface area contributed by atoms with E-state index in [4.69, 9.17) is 16.3 Å². The molecule has 1 aliphatic rings. The lowest BCUT2D eigenvalue weighted by molar-refractivity contribution is -0.116. The van der Waals surface area contributed by atoms with Gasteiger partial charge in [-0.25, -0.2) is 0 Å². The normalized spacial score (nSPS) is 13.1. The lowest BCUT2D eigenvalue weighted by atomic mass is 10.1. The zero-order valence-electron chi connectivity index (χ0n) is 15.3. The number of benzene rings is 2. The Labute approximate surface area is 163 Å². The summed E-state index contributed by atoms with van der Waals surface area (Å²) in [4.78, 5) is 26.2. The SMILES string of the molecule is C=C1c2ccccc2C(=O)N1CC(=O)Nc1ccc(OCC(C)C)c(Cl)c1. The maximum absolute atomic E-state index is 12.5. The average Bonchev–Trinajstić information content (AvgIpc) is 2.86. The van der Waals surface area contributed by atoms with Gasteiger partial charge in [0.1, 0.15) is 12.3 Å². The molecule has 0 radical (unpaired) electrons. The first-order valence-electron chi connectivity index (χ1n) is 8.69. The number of fused-ring (bicyclic) bond motifs is 1. The van der Waals surface area contributed by atoms with Crippen LogP contribution in [-0.4, -0.2) is 29.9 Å². The topological polar surface area (TPSA) is 58.6 Å². The second-order valence-electron chi connectivity index (χ2n) is 6.78. The standard InChI is InChI=1S/C21H21ClN2O3/c1-13(2)12-27-19-9-8-15(10-18(19)22)23-20(25)11-24-14(3)16-6-4-5-7-17(16)21(24)26/h4-10,13H,3,11-12H2,1-2H3,(H,23,25). The predicted molar refractivity (Wildman–Crippen MR) is 107 cm³/mol. The van der Waals surface area contributed by atoms with E-state index in [2.05, 4.69) is 11.9 Å². The summed E-state index contributed by atoms with van der Waals surface area (Å²) in [6.07, 6.45) is 0. The third-order valence-electron chi connectivity index (χ3n) is 4.13. The number of anilines is 1. The van der Waals surface area contributed by atoms with Crippen molar-refractivity contribution >= 4 is 34.8 Å². The Morgan fingerprint density at radius 1 is 1.22 bits per heavy atom. The number of hydrogen-bond donors (Lipinski definition) is 1. The van der Waals surface area contributed by atoms with Gasteiger partial charge in [0.2, 0.25) is 5.91 Å². The lowest BCUT2D eigenvalue weighted by Crippen LogP contribution is -2.32. The molecule has 0 aliphatic carbocycles. The summed E-state index contributed by atoms with van der Waals surface area (Å²) >= 11 is 6.22. The Hall–Kier alpha value is -2.79. The minimum absolute atomic E-state index is 0.116. The van der Waals surface area contributed by atoms with Crippen molar-refractivity contribution in [2.24, 2.45) is 5.92 Å². The molecule has 0 saturated heterocycles. The Kier molecular flexibility index (Phi) is 5.51. The molecule has 1 heterocycles. The third kappa shape index (κ3) is 4.14. The minimum atomic E-state index is -0.329. The highest BCUT2D eigenvalue weighted by Gasteiger charge is 2.31. The molecular weight excluding hydrogens is 364 g/mol. The summed E-state index contributed by atoms with van der Waals surface area (Å²) in [7, 11) is 0. The van der Waals surface area contributed by atoms with Gasteiger partial charge in [0, 0.05) is 22.5 Å². The van der Waals surface area contributed by atoms with Crippen LogP contribution in [0.1, 0.15) is 29.8 Å². The van der Waals surface area contributed by atoms with Gasteiger partial charge in [-0.1, -0.05) is 50.2 Å². The molecule has 3 rings (SSSR count). The van der Waals surface area contributed by atoms with Crippen molar-refractivity contribution in [3.05, 3.63) is 65.2 Å². The summed E-state index contributed by atoms with van der Waals surface area (Å²) in [6, 6.07) is 12.2. The Balaban J connectivity index is 1.64.